The highest BCUT2D eigenvalue weighted by atomic mass is 32.1. The van der Waals surface area contributed by atoms with E-state index in [4.69, 9.17) is 0 Å². The molecule has 0 fully saturated rings. The normalized spacial score (nSPS) is 10.0. The van der Waals surface area contributed by atoms with Crippen molar-refractivity contribution in [2.24, 2.45) is 4.99 Å². The first-order chi connectivity index (χ1) is 7.20. The zero-order valence-corrected chi connectivity index (χ0v) is 9.30. The largest absolute Gasteiger partial charge is 0.349 e. The van der Waals surface area contributed by atoms with Crippen LogP contribution in [0.3, 0.4) is 0 Å². The number of benzene rings is 1. The number of nitrogens with zero attached hydrogens (tertiary/aromatic N) is 3. The maximum absolute atomic E-state index is 4.55. The Hall–Kier alpha value is -1.71. The Balaban J connectivity index is 2.56. The zero-order chi connectivity index (χ0) is 10.8. The third kappa shape index (κ3) is 1.88. The topological polar surface area (TPSA) is 44.3 Å². The smallest absolute Gasteiger partial charge is 0.203 e. The monoisotopic (exact) mass is 218 g/mol. The van der Waals surface area contributed by atoms with Crippen molar-refractivity contribution in [3.63, 3.8) is 0 Å². The summed E-state index contributed by atoms with van der Waals surface area (Å²) in [6.07, 6.45) is 0. The van der Waals surface area contributed by atoms with E-state index >= 15 is 0 Å². The molecule has 0 amide bonds. The van der Waals surface area contributed by atoms with Gasteiger partial charge >= 0.3 is 0 Å². The van der Waals surface area contributed by atoms with Crippen LogP contribution in [0.2, 0.25) is 0 Å². The Kier molecular flexibility index (Phi) is 2.49. The number of imidazole rings is 1. The third-order valence-electron chi connectivity index (χ3n) is 2.05. The zero-order valence-electron chi connectivity index (χ0n) is 8.48. The predicted molar refractivity (Wildman–Crippen MR) is 65.1 cm³/mol. The van der Waals surface area contributed by atoms with Crippen LogP contribution in [-0.4, -0.2) is 29.2 Å². The minimum absolute atomic E-state index is 0.784. The molecule has 2 rings (SSSR count). The number of isothiocyanates is 1. The van der Waals surface area contributed by atoms with Crippen LogP contribution >= 0.6 is 12.2 Å². The molecule has 1 aromatic carbocycles. The van der Waals surface area contributed by atoms with Crippen molar-refractivity contribution in [1.82, 2.24) is 9.97 Å². The lowest BCUT2D eigenvalue weighted by atomic mass is 10.3. The summed E-state index contributed by atoms with van der Waals surface area (Å²) in [6.45, 7) is 0. The van der Waals surface area contributed by atoms with Gasteiger partial charge in [0.05, 0.1) is 21.9 Å². The number of hydrogen-bond acceptors (Lipinski definition) is 4. The standard InChI is InChI=1S/C10H10N4S/c1-14(2)10-12-8-4-3-7(11-6-15)5-9(8)13-10/h3-5H,1-2H3,(H,12,13). The third-order valence-corrected chi connectivity index (χ3v) is 2.14. The molecule has 0 aliphatic heterocycles. The second-order valence-electron chi connectivity index (χ2n) is 3.36. The van der Waals surface area contributed by atoms with Gasteiger partial charge in [-0.1, -0.05) is 0 Å². The van der Waals surface area contributed by atoms with E-state index in [-0.39, 0.29) is 0 Å². The number of rotatable bonds is 2. The maximum Gasteiger partial charge on any atom is 0.203 e. The fraction of sp³-hybridized carbons (Fsp3) is 0.200. The lowest BCUT2D eigenvalue weighted by Crippen LogP contribution is -2.09. The summed E-state index contributed by atoms with van der Waals surface area (Å²) in [5.74, 6) is 0.827. The van der Waals surface area contributed by atoms with Crippen molar-refractivity contribution >= 4 is 40.0 Å². The van der Waals surface area contributed by atoms with Gasteiger partial charge in [0, 0.05) is 14.1 Å². The maximum atomic E-state index is 4.55. The van der Waals surface area contributed by atoms with Crippen LogP contribution in [0, 0.1) is 0 Å². The van der Waals surface area contributed by atoms with Gasteiger partial charge in [-0.25, -0.2) is 4.98 Å². The molecule has 0 atom stereocenters. The molecule has 5 heteroatoms. The van der Waals surface area contributed by atoms with Crippen molar-refractivity contribution in [3.8, 4) is 0 Å². The highest BCUT2D eigenvalue weighted by Gasteiger charge is 2.04. The van der Waals surface area contributed by atoms with Crippen LogP contribution in [-0.2, 0) is 0 Å². The lowest BCUT2D eigenvalue weighted by Gasteiger charge is -2.05. The summed E-state index contributed by atoms with van der Waals surface area (Å²) in [5.41, 5.74) is 2.65. The van der Waals surface area contributed by atoms with Crippen LogP contribution in [0.1, 0.15) is 0 Å². The van der Waals surface area contributed by atoms with Crippen LogP contribution in [0.25, 0.3) is 11.0 Å². The van der Waals surface area contributed by atoms with Gasteiger partial charge in [0.15, 0.2) is 0 Å². The summed E-state index contributed by atoms with van der Waals surface area (Å²) in [4.78, 5) is 13.4. The number of aromatic nitrogens is 2. The number of H-pyrrole nitrogens is 1. The molecule has 0 saturated carbocycles. The molecule has 0 bridgehead atoms. The minimum atomic E-state index is 0.784. The Morgan fingerprint density at radius 3 is 2.93 bits per heavy atom. The van der Waals surface area contributed by atoms with Gasteiger partial charge in [0.2, 0.25) is 5.95 Å². The van der Waals surface area contributed by atoms with Crippen LogP contribution in [0.4, 0.5) is 11.6 Å². The second kappa shape index (κ2) is 3.81. The van der Waals surface area contributed by atoms with E-state index in [1.165, 1.54) is 0 Å². The Morgan fingerprint density at radius 1 is 1.47 bits per heavy atom. The van der Waals surface area contributed by atoms with Crippen molar-refractivity contribution < 1.29 is 0 Å². The summed E-state index contributed by atoms with van der Waals surface area (Å²) in [5, 5.41) is 2.34. The van der Waals surface area contributed by atoms with Gasteiger partial charge < -0.3 is 9.88 Å². The lowest BCUT2D eigenvalue weighted by molar-refractivity contribution is 1.05. The molecular formula is C10H10N4S. The summed E-state index contributed by atoms with van der Waals surface area (Å²) >= 11 is 4.55. The average molecular weight is 218 g/mol. The molecule has 1 N–H and O–H groups in total. The van der Waals surface area contributed by atoms with Crippen LogP contribution in [0.5, 0.6) is 0 Å². The molecule has 76 valence electrons. The van der Waals surface area contributed by atoms with E-state index in [9.17, 15) is 0 Å². The molecule has 0 aliphatic carbocycles. The van der Waals surface area contributed by atoms with Gasteiger partial charge in [-0.05, 0) is 30.4 Å². The second-order valence-corrected chi connectivity index (χ2v) is 3.54. The van der Waals surface area contributed by atoms with Crippen LogP contribution < -0.4 is 4.90 Å². The summed E-state index contributed by atoms with van der Waals surface area (Å²) < 4.78 is 0. The molecule has 15 heavy (non-hydrogen) atoms. The average Bonchev–Trinajstić information content (AvgIpc) is 2.61. The van der Waals surface area contributed by atoms with Gasteiger partial charge in [-0.15, -0.1) is 0 Å². The molecule has 0 radical (unpaired) electrons. The number of anilines is 1. The molecule has 2 aromatic rings. The molecule has 1 heterocycles. The molecule has 4 nitrogen and oxygen atoms in total. The first-order valence-electron chi connectivity index (χ1n) is 4.45. The van der Waals surface area contributed by atoms with Gasteiger partial charge in [0.25, 0.3) is 0 Å². The predicted octanol–water partition coefficient (Wildman–Crippen LogP) is 2.36. The van der Waals surface area contributed by atoms with Crippen molar-refractivity contribution in [3.05, 3.63) is 18.2 Å². The number of hydrogen-bond donors (Lipinski definition) is 1. The first kappa shape index (κ1) is 9.83. The number of aliphatic imine (C=N–C) groups is 1. The summed E-state index contributed by atoms with van der Waals surface area (Å²) in [7, 11) is 3.88. The molecule has 0 spiro atoms. The van der Waals surface area contributed by atoms with Gasteiger partial charge in [-0.2, -0.15) is 4.99 Å². The molecule has 0 saturated heterocycles. The SMILES string of the molecule is CN(C)c1nc2ccc(N=C=S)cc2[nH]1. The van der Waals surface area contributed by atoms with Gasteiger partial charge in [-0.3, -0.25) is 0 Å². The van der Waals surface area contributed by atoms with E-state index in [1.54, 1.807) is 0 Å². The van der Waals surface area contributed by atoms with E-state index < -0.39 is 0 Å². The van der Waals surface area contributed by atoms with Crippen molar-refractivity contribution in [2.45, 2.75) is 0 Å². The first-order valence-corrected chi connectivity index (χ1v) is 4.86. The number of aromatic amines is 1. The summed E-state index contributed by atoms with van der Waals surface area (Å²) in [6, 6.07) is 5.67. The van der Waals surface area contributed by atoms with Gasteiger partial charge in [0.1, 0.15) is 0 Å². The fourth-order valence-corrected chi connectivity index (χ4v) is 1.42. The van der Waals surface area contributed by atoms with Crippen LogP contribution in [0.15, 0.2) is 23.2 Å². The number of fused-ring (bicyclic) bond motifs is 1. The van der Waals surface area contributed by atoms with E-state index in [0.717, 1.165) is 22.7 Å². The van der Waals surface area contributed by atoms with E-state index in [2.05, 4.69) is 32.3 Å². The molecule has 0 aliphatic rings. The Labute approximate surface area is 92.7 Å². The van der Waals surface area contributed by atoms with E-state index in [0.29, 0.717) is 0 Å². The molecule has 1 aromatic heterocycles. The minimum Gasteiger partial charge on any atom is -0.349 e. The fourth-order valence-electron chi connectivity index (χ4n) is 1.32. The number of nitrogens with one attached hydrogen (secondary N) is 1. The Bertz CT molecular complexity index is 537. The molecule has 0 unspecified atom stereocenters. The molecular weight excluding hydrogens is 208 g/mol. The van der Waals surface area contributed by atoms with Crippen molar-refractivity contribution in [2.75, 3.05) is 19.0 Å². The van der Waals surface area contributed by atoms with Crippen molar-refractivity contribution in [1.29, 1.82) is 0 Å². The highest BCUT2D eigenvalue weighted by Crippen LogP contribution is 2.21. The highest BCUT2D eigenvalue weighted by molar-refractivity contribution is 7.78. The quantitative estimate of drug-likeness (QED) is 0.621. The Morgan fingerprint density at radius 2 is 2.27 bits per heavy atom. The van der Waals surface area contributed by atoms with E-state index in [1.807, 2.05) is 37.2 Å². The number of thiocarbonyl (C=S) groups is 1.